The lowest BCUT2D eigenvalue weighted by molar-refractivity contribution is 0.167. The summed E-state index contributed by atoms with van der Waals surface area (Å²) in [6.45, 7) is 6.57. The Hall–Kier alpha value is -2.06. The lowest BCUT2D eigenvalue weighted by Crippen LogP contribution is -2.32. The number of hydrogen-bond donors (Lipinski definition) is 1. The van der Waals surface area contributed by atoms with Crippen molar-refractivity contribution in [3.63, 3.8) is 0 Å². The molecule has 0 aromatic carbocycles. The van der Waals surface area contributed by atoms with Gasteiger partial charge < -0.3 is 19.5 Å². The first-order valence-electron chi connectivity index (χ1n) is 8.60. The molecule has 1 saturated heterocycles. The van der Waals surface area contributed by atoms with Crippen LogP contribution in [0.25, 0.3) is 0 Å². The first kappa shape index (κ1) is 15.5. The van der Waals surface area contributed by atoms with Gasteiger partial charge in [0.15, 0.2) is 5.82 Å². The lowest BCUT2D eigenvalue weighted by atomic mass is 10.1. The second kappa shape index (κ2) is 7.23. The van der Waals surface area contributed by atoms with Gasteiger partial charge in [-0.3, -0.25) is 0 Å². The van der Waals surface area contributed by atoms with Gasteiger partial charge in [-0.05, 0) is 18.4 Å². The van der Waals surface area contributed by atoms with Crippen LogP contribution in [0, 0.1) is 5.92 Å². The maximum absolute atomic E-state index is 5.50. The molecule has 128 valence electrons. The first-order chi connectivity index (χ1) is 11.9. The lowest BCUT2D eigenvalue weighted by Gasteiger charge is -2.22. The van der Waals surface area contributed by atoms with Crippen LogP contribution in [0.15, 0.2) is 18.5 Å². The van der Waals surface area contributed by atoms with E-state index in [0.29, 0.717) is 18.4 Å². The Morgan fingerprint density at radius 1 is 1.17 bits per heavy atom. The largest absolute Gasteiger partial charge is 0.381 e. The van der Waals surface area contributed by atoms with Crippen LogP contribution in [0.2, 0.25) is 0 Å². The molecule has 2 aliphatic heterocycles. The number of aromatic nitrogens is 5. The molecule has 24 heavy (non-hydrogen) atoms. The number of nitrogens with zero attached hydrogens (tertiary/aromatic N) is 6. The van der Waals surface area contributed by atoms with Crippen LogP contribution in [0.5, 0.6) is 0 Å². The van der Waals surface area contributed by atoms with E-state index in [0.717, 1.165) is 57.5 Å². The summed E-state index contributed by atoms with van der Waals surface area (Å²) in [6, 6.07) is 1.80. The van der Waals surface area contributed by atoms with E-state index in [4.69, 9.17) is 4.74 Å². The summed E-state index contributed by atoms with van der Waals surface area (Å²) < 4.78 is 7.73. The Kier molecular flexibility index (Phi) is 4.66. The van der Waals surface area contributed by atoms with Crippen LogP contribution in [0.3, 0.4) is 0 Å². The van der Waals surface area contributed by atoms with Crippen LogP contribution in [-0.4, -0.2) is 62.5 Å². The van der Waals surface area contributed by atoms with Gasteiger partial charge in [0, 0.05) is 51.6 Å². The highest BCUT2D eigenvalue weighted by Gasteiger charge is 2.23. The average Bonchev–Trinajstić information content (AvgIpc) is 3.21. The van der Waals surface area contributed by atoms with Gasteiger partial charge in [0.2, 0.25) is 5.95 Å². The predicted octanol–water partition coefficient (Wildman–Crippen LogP) is 0.575. The molecule has 1 fully saturated rings. The average molecular weight is 329 g/mol. The summed E-state index contributed by atoms with van der Waals surface area (Å²) in [4.78, 5) is 10.9. The highest BCUT2D eigenvalue weighted by molar-refractivity contribution is 5.22. The molecule has 4 rings (SSSR count). The summed E-state index contributed by atoms with van der Waals surface area (Å²) in [6.07, 6.45) is 5.59. The number of hydrogen-bond acceptors (Lipinski definition) is 7. The van der Waals surface area contributed by atoms with E-state index in [2.05, 4.69) is 34.9 Å². The molecule has 1 N–H and O–H groups in total. The van der Waals surface area contributed by atoms with Crippen LogP contribution in [0.1, 0.15) is 18.1 Å². The second-order valence-corrected chi connectivity index (χ2v) is 6.39. The van der Waals surface area contributed by atoms with Crippen molar-refractivity contribution in [2.24, 2.45) is 5.92 Å². The maximum Gasteiger partial charge on any atom is 0.222 e. The van der Waals surface area contributed by atoms with Crippen molar-refractivity contribution < 1.29 is 4.74 Å². The van der Waals surface area contributed by atoms with Crippen molar-refractivity contribution in [3.05, 3.63) is 30.1 Å². The fourth-order valence-corrected chi connectivity index (χ4v) is 3.38. The molecule has 0 radical (unpaired) electrons. The minimum absolute atomic E-state index is 0.591. The SMILES string of the molecule is c1cnc(NCc2nnc3n2CCN(CC2CCOC2)CC3)nc1. The fraction of sp³-hybridized carbons (Fsp3) is 0.625. The maximum atomic E-state index is 5.50. The van der Waals surface area contributed by atoms with E-state index in [9.17, 15) is 0 Å². The van der Waals surface area contributed by atoms with Crippen molar-refractivity contribution in [1.82, 2.24) is 29.6 Å². The minimum Gasteiger partial charge on any atom is -0.381 e. The van der Waals surface area contributed by atoms with Gasteiger partial charge in [-0.15, -0.1) is 10.2 Å². The molecule has 2 aromatic rings. The minimum atomic E-state index is 0.591. The number of ether oxygens (including phenoxy) is 1. The standard InChI is InChI=1S/C16H23N7O/c1-4-17-16(18-5-1)19-10-15-21-20-14-2-6-22(7-8-23(14)15)11-13-3-9-24-12-13/h1,4-5,13H,2-3,6-12H2,(H,17,18,19). The molecule has 2 aromatic heterocycles. The summed E-state index contributed by atoms with van der Waals surface area (Å²) in [5.74, 6) is 3.32. The fourth-order valence-electron chi connectivity index (χ4n) is 3.38. The highest BCUT2D eigenvalue weighted by atomic mass is 16.5. The molecule has 8 nitrogen and oxygen atoms in total. The molecule has 0 saturated carbocycles. The summed E-state index contributed by atoms with van der Waals surface area (Å²) >= 11 is 0. The summed E-state index contributed by atoms with van der Waals surface area (Å²) in [5.41, 5.74) is 0. The molecule has 4 heterocycles. The van der Waals surface area contributed by atoms with Gasteiger partial charge in [0.05, 0.1) is 13.2 Å². The van der Waals surface area contributed by atoms with E-state index in [1.165, 1.54) is 6.42 Å². The van der Waals surface area contributed by atoms with Gasteiger partial charge in [0.1, 0.15) is 5.82 Å². The third-order valence-corrected chi connectivity index (χ3v) is 4.71. The summed E-state index contributed by atoms with van der Waals surface area (Å²) in [5, 5.41) is 11.9. The predicted molar refractivity (Wildman–Crippen MR) is 88.5 cm³/mol. The Bertz CT molecular complexity index is 654. The molecular weight excluding hydrogens is 306 g/mol. The molecule has 2 aliphatic rings. The third-order valence-electron chi connectivity index (χ3n) is 4.71. The molecule has 1 unspecified atom stereocenters. The van der Waals surface area contributed by atoms with E-state index in [1.54, 1.807) is 18.5 Å². The van der Waals surface area contributed by atoms with E-state index in [-0.39, 0.29) is 0 Å². The summed E-state index contributed by atoms with van der Waals surface area (Å²) in [7, 11) is 0. The smallest absolute Gasteiger partial charge is 0.222 e. The van der Waals surface area contributed by atoms with Crippen molar-refractivity contribution >= 4 is 5.95 Å². The van der Waals surface area contributed by atoms with Gasteiger partial charge >= 0.3 is 0 Å². The molecule has 0 bridgehead atoms. The number of fused-ring (bicyclic) bond motifs is 1. The van der Waals surface area contributed by atoms with Crippen molar-refractivity contribution in [2.45, 2.75) is 25.9 Å². The monoisotopic (exact) mass is 329 g/mol. The van der Waals surface area contributed by atoms with E-state index in [1.807, 2.05) is 0 Å². The third kappa shape index (κ3) is 3.54. The molecule has 0 amide bonds. The quantitative estimate of drug-likeness (QED) is 0.859. The van der Waals surface area contributed by atoms with E-state index < -0.39 is 0 Å². The topological polar surface area (TPSA) is 81.0 Å². The normalized spacial score (nSPS) is 21.4. The molecule has 0 aliphatic carbocycles. The van der Waals surface area contributed by atoms with E-state index >= 15 is 0 Å². The zero-order chi connectivity index (χ0) is 16.2. The van der Waals surface area contributed by atoms with Gasteiger partial charge in [-0.1, -0.05) is 0 Å². The van der Waals surface area contributed by atoms with Gasteiger partial charge in [-0.2, -0.15) is 0 Å². The molecule has 8 heteroatoms. The van der Waals surface area contributed by atoms with Crippen LogP contribution in [0.4, 0.5) is 5.95 Å². The highest BCUT2D eigenvalue weighted by Crippen LogP contribution is 2.16. The van der Waals surface area contributed by atoms with Crippen LogP contribution >= 0.6 is 0 Å². The Labute approximate surface area is 141 Å². The van der Waals surface area contributed by atoms with Crippen LogP contribution < -0.4 is 5.32 Å². The number of anilines is 1. The molecule has 1 atom stereocenters. The Balaban J connectivity index is 1.36. The zero-order valence-corrected chi connectivity index (χ0v) is 13.8. The van der Waals surface area contributed by atoms with Crippen molar-refractivity contribution in [1.29, 1.82) is 0 Å². The van der Waals surface area contributed by atoms with Gasteiger partial charge in [0.25, 0.3) is 0 Å². The molecule has 0 spiro atoms. The molecular formula is C16H23N7O. The zero-order valence-electron chi connectivity index (χ0n) is 13.8. The Morgan fingerprint density at radius 2 is 2.08 bits per heavy atom. The number of nitrogens with one attached hydrogen (secondary N) is 1. The van der Waals surface area contributed by atoms with Gasteiger partial charge in [-0.25, -0.2) is 9.97 Å². The first-order valence-corrected chi connectivity index (χ1v) is 8.60. The van der Waals surface area contributed by atoms with Crippen molar-refractivity contribution in [2.75, 3.05) is 38.2 Å². The second-order valence-electron chi connectivity index (χ2n) is 6.39. The number of rotatable bonds is 5. The van der Waals surface area contributed by atoms with Crippen molar-refractivity contribution in [3.8, 4) is 0 Å². The van der Waals surface area contributed by atoms with Crippen LogP contribution in [-0.2, 0) is 24.2 Å². The Morgan fingerprint density at radius 3 is 2.92 bits per heavy atom.